The first-order chi connectivity index (χ1) is 8.75. The van der Waals surface area contributed by atoms with Crippen LogP contribution in [0.15, 0.2) is 24.3 Å². The molecule has 0 saturated heterocycles. The van der Waals surface area contributed by atoms with Crippen molar-refractivity contribution in [2.24, 2.45) is 22.3 Å². The maximum absolute atomic E-state index is 5.52. The van der Waals surface area contributed by atoms with Gasteiger partial charge in [0.05, 0.1) is 6.17 Å². The van der Waals surface area contributed by atoms with E-state index in [1.165, 1.54) is 0 Å². The molecule has 0 unspecified atom stereocenters. The van der Waals surface area contributed by atoms with Gasteiger partial charge in [-0.05, 0) is 29.4 Å². The molecule has 1 rings (SSSR count). The number of nitrogens with two attached hydrogens (primary N) is 3. The lowest BCUT2D eigenvalue weighted by Crippen LogP contribution is -2.42. The molecular weight excluding hydrogens is 258 g/mol. The minimum Gasteiger partial charge on any atom is -0.399 e. The molecule has 6 N–H and O–H groups in total. The van der Waals surface area contributed by atoms with Crippen LogP contribution in [-0.2, 0) is 0 Å². The van der Waals surface area contributed by atoms with Gasteiger partial charge in [0.15, 0.2) is 0 Å². The summed E-state index contributed by atoms with van der Waals surface area (Å²) in [7, 11) is 0. The molecule has 0 bridgehead atoms. The highest BCUT2D eigenvalue weighted by atomic mass is 14.9. The summed E-state index contributed by atoms with van der Waals surface area (Å²) in [4.78, 5) is 0. The molecule has 0 heterocycles. The van der Waals surface area contributed by atoms with Crippen LogP contribution in [0.5, 0.6) is 0 Å². The Balaban J connectivity index is -0.000000233. The summed E-state index contributed by atoms with van der Waals surface area (Å²) in [5, 5.41) is 0. The Morgan fingerprint density at radius 3 is 1.29 bits per heavy atom. The number of hydrogen-bond acceptors (Lipinski definition) is 3. The molecule has 3 heteroatoms. The van der Waals surface area contributed by atoms with Gasteiger partial charge in [-0.3, -0.25) is 0 Å². The highest BCUT2D eigenvalue weighted by Crippen LogP contribution is 2.12. The second-order valence-corrected chi connectivity index (χ2v) is 7.75. The topological polar surface area (TPSA) is 78.1 Å². The quantitative estimate of drug-likeness (QED) is 0.486. The highest BCUT2D eigenvalue weighted by Gasteiger charge is 2.14. The Morgan fingerprint density at radius 1 is 0.857 bits per heavy atom. The molecule has 1 aromatic carbocycles. The summed E-state index contributed by atoms with van der Waals surface area (Å²) in [5.74, 6) is 0. The number of aryl methyl sites for hydroxylation is 1. The van der Waals surface area contributed by atoms with Crippen molar-refractivity contribution < 1.29 is 0 Å². The zero-order valence-electron chi connectivity index (χ0n) is 14.6. The SMILES string of the molecule is C.CC(C)(C)C.CC(C)(C)C(N)N.Cc1ccccc1N. The summed E-state index contributed by atoms with van der Waals surface area (Å²) in [6, 6.07) is 7.80. The van der Waals surface area contributed by atoms with Crippen LogP contribution in [0.1, 0.15) is 61.5 Å². The number of hydrogen-bond donors (Lipinski definition) is 3. The molecule has 126 valence electrons. The van der Waals surface area contributed by atoms with Crippen LogP contribution in [0, 0.1) is 17.8 Å². The Hall–Kier alpha value is -1.06. The zero-order chi connectivity index (χ0) is 16.6. The van der Waals surface area contributed by atoms with Crippen LogP contribution >= 0.6 is 0 Å². The van der Waals surface area contributed by atoms with Gasteiger partial charge in [0, 0.05) is 5.69 Å². The molecule has 0 aliphatic rings. The van der Waals surface area contributed by atoms with Crippen molar-refractivity contribution in [2.45, 2.75) is 69.0 Å². The lowest BCUT2D eigenvalue weighted by atomic mass is 9.94. The van der Waals surface area contributed by atoms with Gasteiger partial charge < -0.3 is 17.2 Å². The minimum atomic E-state index is -0.201. The lowest BCUT2D eigenvalue weighted by Gasteiger charge is -2.22. The molecule has 0 radical (unpaired) electrons. The summed E-state index contributed by atoms with van der Waals surface area (Å²) in [6.07, 6.45) is -0.201. The summed E-state index contributed by atoms with van der Waals surface area (Å²) < 4.78 is 0. The third-order valence-electron chi connectivity index (χ3n) is 2.19. The minimum absolute atomic E-state index is 0. The predicted octanol–water partition coefficient (Wildman–Crippen LogP) is 4.54. The maximum Gasteiger partial charge on any atom is 0.0570 e. The normalized spacial score (nSPS) is 10.6. The highest BCUT2D eigenvalue weighted by molar-refractivity contribution is 5.44. The number of benzene rings is 1. The van der Waals surface area contributed by atoms with Crippen LogP contribution in [-0.4, -0.2) is 6.17 Å². The third kappa shape index (κ3) is 21.4. The van der Waals surface area contributed by atoms with Gasteiger partial charge in [-0.2, -0.15) is 0 Å². The smallest absolute Gasteiger partial charge is 0.0570 e. The number of nitrogen functional groups attached to an aromatic ring is 1. The first-order valence-electron chi connectivity index (χ1n) is 7.07. The summed E-state index contributed by atoms with van der Waals surface area (Å²) >= 11 is 0. The van der Waals surface area contributed by atoms with Gasteiger partial charge in [-0.15, -0.1) is 0 Å². The average Bonchev–Trinajstić information content (AvgIpc) is 2.19. The number of para-hydroxylation sites is 1. The van der Waals surface area contributed by atoms with Gasteiger partial charge >= 0.3 is 0 Å². The summed E-state index contributed by atoms with van der Waals surface area (Å²) in [6.45, 7) is 16.8. The van der Waals surface area contributed by atoms with Gasteiger partial charge in [0.2, 0.25) is 0 Å². The first kappa shape index (κ1) is 24.9. The average molecular weight is 298 g/mol. The van der Waals surface area contributed by atoms with Crippen LogP contribution in [0.2, 0.25) is 0 Å². The van der Waals surface area contributed by atoms with E-state index < -0.39 is 0 Å². The van der Waals surface area contributed by atoms with E-state index in [2.05, 4.69) is 27.7 Å². The molecule has 0 amide bonds. The zero-order valence-corrected chi connectivity index (χ0v) is 14.6. The second kappa shape index (κ2) is 10.6. The third-order valence-corrected chi connectivity index (χ3v) is 2.19. The molecule has 0 aliphatic carbocycles. The van der Waals surface area contributed by atoms with Crippen LogP contribution in [0.25, 0.3) is 0 Å². The molecule has 21 heavy (non-hydrogen) atoms. The largest absolute Gasteiger partial charge is 0.399 e. The van der Waals surface area contributed by atoms with Crippen molar-refractivity contribution in [1.29, 1.82) is 0 Å². The summed E-state index contributed by atoms with van der Waals surface area (Å²) in [5.41, 5.74) is 18.8. The van der Waals surface area contributed by atoms with Crippen LogP contribution in [0.3, 0.4) is 0 Å². The van der Waals surface area contributed by atoms with Gasteiger partial charge in [0.1, 0.15) is 0 Å². The van der Waals surface area contributed by atoms with E-state index in [1.54, 1.807) is 0 Å². The Morgan fingerprint density at radius 2 is 1.14 bits per heavy atom. The van der Waals surface area contributed by atoms with Crippen molar-refractivity contribution in [1.82, 2.24) is 0 Å². The predicted molar refractivity (Wildman–Crippen MR) is 99.1 cm³/mol. The fourth-order valence-electron chi connectivity index (χ4n) is 0.587. The molecular formula is C18H39N3. The Bertz CT molecular complexity index is 330. The first-order valence-corrected chi connectivity index (χ1v) is 7.07. The van der Waals surface area contributed by atoms with E-state index in [0.717, 1.165) is 11.3 Å². The van der Waals surface area contributed by atoms with Crippen LogP contribution in [0.4, 0.5) is 5.69 Å². The molecule has 0 aromatic heterocycles. The van der Waals surface area contributed by atoms with E-state index in [1.807, 2.05) is 52.0 Å². The second-order valence-electron chi connectivity index (χ2n) is 7.75. The fourth-order valence-corrected chi connectivity index (χ4v) is 0.587. The maximum atomic E-state index is 5.52. The van der Waals surface area contributed by atoms with Crippen molar-refractivity contribution in [3.63, 3.8) is 0 Å². The molecule has 1 aromatic rings. The Labute approximate surface area is 133 Å². The van der Waals surface area contributed by atoms with E-state index >= 15 is 0 Å². The number of rotatable bonds is 0. The van der Waals surface area contributed by atoms with Crippen molar-refractivity contribution >= 4 is 5.69 Å². The molecule has 0 aliphatic heterocycles. The van der Waals surface area contributed by atoms with E-state index in [0.29, 0.717) is 5.41 Å². The van der Waals surface area contributed by atoms with E-state index in [4.69, 9.17) is 17.2 Å². The van der Waals surface area contributed by atoms with Gasteiger partial charge in [-0.25, -0.2) is 0 Å². The van der Waals surface area contributed by atoms with Gasteiger partial charge in [-0.1, -0.05) is 74.1 Å². The molecule has 3 nitrogen and oxygen atoms in total. The molecule has 0 atom stereocenters. The molecule has 0 spiro atoms. The number of anilines is 1. The van der Waals surface area contributed by atoms with Crippen molar-refractivity contribution in [3.05, 3.63) is 29.8 Å². The standard InChI is InChI=1S/C7H9N.C5H14N2.C5H12.CH4/c1-6-4-2-3-5-7(6)8;1-5(2,3)4(6)7;1-5(2,3)4;/h2-5H,8H2,1H3;4H,6-7H2,1-3H3;1-4H3;1H4. The van der Waals surface area contributed by atoms with E-state index in [-0.39, 0.29) is 19.0 Å². The molecule has 0 fully saturated rings. The van der Waals surface area contributed by atoms with Crippen molar-refractivity contribution in [2.75, 3.05) is 5.73 Å². The van der Waals surface area contributed by atoms with E-state index in [9.17, 15) is 0 Å². The fraction of sp³-hybridized carbons (Fsp3) is 0.667. The molecule has 0 saturated carbocycles. The Kier molecular flexibility index (Phi) is 12.6. The van der Waals surface area contributed by atoms with Gasteiger partial charge in [0.25, 0.3) is 0 Å². The lowest BCUT2D eigenvalue weighted by molar-refractivity contribution is 0.327. The van der Waals surface area contributed by atoms with Crippen LogP contribution < -0.4 is 17.2 Å². The van der Waals surface area contributed by atoms with Crippen molar-refractivity contribution in [3.8, 4) is 0 Å². The monoisotopic (exact) mass is 297 g/mol.